The van der Waals surface area contributed by atoms with E-state index in [0.29, 0.717) is 5.75 Å². The average Bonchev–Trinajstić information content (AvgIpc) is 2.98. The Labute approximate surface area is 128 Å². The minimum atomic E-state index is -0.527. The fourth-order valence-corrected chi connectivity index (χ4v) is 3.03. The summed E-state index contributed by atoms with van der Waals surface area (Å²) in [5.74, 6) is 1.37. The molecule has 112 valence electrons. The van der Waals surface area contributed by atoms with Crippen LogP contribution in [0.25, 0.3) is 0 Å². The summed E-state index contributed by atoms with van der Waals surface area (Å²) in [6, 6.07) is 12.9. The van der Waals surface area contributed by atoms with Gasteiger partial charge in [0, 0.05) is 5.69 Å². The predicted molar refractivity (Wildman–Crippen MR) is 81.9 cm³/mol. The molecule has 2 aliphatic rings. The molecule has 22 heavy (non-hydrogen) atoms. The highest BCUT2D eigenvalue weighted by Crippen LogP contribution is 2.42. The monoisotopic (exact) mass is 296 g/mol. The summed E-state index contributed by atoms with van der Waals surface area (Å²) >= 11 is 0. The highest BCUT2D eigenvalue weighted by Gasteiger charge is 2.47. The minimum absolute atomic E-state index is 0.0618. The highest BCUT2D eigenvalue weighted by atomic mass is 16.7. The quantitative estimate of drug-likeness (QED) is 0.862. The van der Waals surface area contributed by atoms with Gasteiger partial charge < -0.3 is 20.1 Å². The van der Waals surface area contributed by atoms with Crippen LogP contribution in [0.3, 0.4) is 0 Å². The van der Waals surface area contributed by atoms with Crippen molar-refractivity contribution >= 4 is 11.6 Å². The number of nitrogens with zero attached hydrogens (tertiary/aromatic N) is 1. The molecule has 1 fully saturated rings. The number of carbonyl (C=O) groups is 1. The van der Waals surface area contributed by atoms with Crippen LogP contribution in [-0.2, 0) is 4.79 Å². The smallest absolute Gasteiger partial charge is 0.247 e. The predicted octanol–water partition coefficient (Wildman–Crippen LogP) is 2.14. The third-order valence-corrected chi connectivity index (χ3v) is 4.16. The molecule has 0 aliphatic carbocycles. The molecule has 1 saturated heterocycles. The van der Waals surface area contributed by atoms with E-state index in [0.717, 1.165) is 22.6 Å². The molecule has 0 spiro atoms. The molecule has 5 heteroatoms. The number of ether oxygens (including phenoxy) is 2. The van der Waals surface area contributed by atoms with Gasteiger partial charge in [-0.05, 0) is 42.3 Å². The third-order valence-electron chi connectivity index (χ3n) is 4.16. The highest BCUT2D eigenvalue weighted by molar-refractivity contribution is 6.05. The maximum absolute atomic E-state index is 12.2. The van der Waals surface area contributed by atoms with Crippen LogP contribution in [-0.4, -0.2) is 18.7 Å². The zero-order valence-electron chi connectivity index (χ0n) is 12.2. The molecule has 2 N–H and O–H groups in total. The number of fused-ring (bicyclic) bond motifs is 1. The molecular weight excluding hydrogens is 280 g/mol. The van der Waals surface area contributed by atoms with Crippen LogP contribution in [0.1, 0.15) is 17.2 Å². The van der Waals surface area contributed by atoms with Crippen LogP contribution in [0.5, 0.6) is 11.5 Å². The summed E-state index contributed by atoms with van der Waals surface area (Å²) in [6.45, 7) is 2.24. The Hall–Kier alpha value is -2.53. The second-order valence-corrected chi connectivity index (χ2v) is 5.63. The molecule has 0 saturated carbocycles. The number of amides is 1. The van der Waals surface area contributed by atoms with Crippen molar-refractivity contribution in [1.82, 2.24) is 0 Å². The number of β-lactam (4-membered cyclic amide) rings is 1. The molecule has 2 atom stereocenters. The molecule has 2 heterocycles. The van der Waals surface area contributed by atoms with Crippen LogP contribution in [0.15, 0.2) is 42.5 Å². The summed E-state index contributed by atoms with van der Waals surface area (Å²) < 4.78 is 10.7. The lowest BCUT2D eigenvalue weighted by Gasteiger charge is -2.45. The fraction of sp³-hybridized carbons (Fsp3) is 0.235. The molecule has 2 aromatic rings. The van der Waals surface area contributed by atoms with Gasteiger partial charge >= 0.3 is 0 Å². The Balaban J connectivity index is 1.72. The van der Waals surface area contributed by atoms with E-state index in [1.54, 1.807) is 4.90 Å². The summed E-state index contributed by atoms with van der Waals surface area (Å²) in [5, 5.41) is 0. The van der Waals surface area contributed by atoms with Gasteiger partial charge in [-0.1, -0.05) is 18.2 Å². The Morgan fingerprint density at radius 1 is 1.14 bits per heavy atom. The van der Waals surface area contributed by atoms with Crippen LogP contribution < -0.4 is 20.1 Å². The molecule has 2 aromatic carbocycles. The topological polar surface area (TPSA) is 64.8 Å². The van der Waals surface area contributed by atoms with E-state index >= 15 is 0 Å². The molecule has 4 rings (SSSR count). The van der Waals surface area contributed by atoms with Crippen molar-refractivity contribution in [2.75, 3.05) is 11.7 Å². The van der Waals surface area contributed by atoms with E-state index in [-0.39, 0.29) is 18.7 Å². The van der Waals surface area contributed by atoms with Crippen molar-refractivity contribution in [3.63, 3.8) is 0 Å². The first-order valence-corrected chi connectivity index (χ1v) is 7.20. The van der Waals surface area contributed by atoms with Gasteiger partial charge in [-0.2, -0.15) is 0 Å². The second-order valence-electron chi connectivity index (χ2n) is 5.63. The number of hydrogen-bond acceptors (Lipinski definition) is 4. The maximum atomic E-state index is 12.2. The zero-order chi connectivity index (χ0) is 15.3. The average molecular weight is 296 g/mol. The van der Waals surface area contributed by atoms with Crippen molar-refractivity contribution < 1.29 is 14.3 Å². The number of carbonyl (C=O) groups excluding carboxylic acids is 1. The number of benzene rings is 2. The van der Waals surface area contributed by atoms with E-state index in [9.17, 15) is 4.79 Å². The summed E-state index contributed by atoms with van der Waals surface area (Å²) in [5.41, 5.74) is 8.98. The Morgan fingerprint density at radius 3 is 2.77 bits per heavy atom. The first kappa shape index (κ1) is 13.2. The fourth-order valence-electron chi connectivity index (χ4n) is 3.03. The SMILES string of the molecule is Cc1cccc(N2C(=O)[C@H](N)[C@@H]2c2ccc3c(c2)OCO3)c1. The normalized spacial score (nSPS) is 22.6. The van der Waals surface area contributed by atoms with Gasteiger partial charge in [0.15, 0.2) is 11.5 Å². The largest absolute Gasteiger partial charge is 0.454 e. The number of hydrogen-bond donors (Lipinski definition) is 1. The van der Waals surface area contributed by atoms with Gasteiger partial charge in [-0.3, -0.25) is 4.79 Å². The summed E-state index contributed by atoms with van der Waals surface area (Å²) in [6.07, 6.45) is 0. The van der Waals surface area contributed by atoms with Crippen LogP contribution in [0.4, 0.5) is 5.69 Å². The number of aryl methyl sites for hydroxylation is 1. The van der Waals surface area contributed by atoms with Gasteiger partial charge in [0.05, 0.1) is 6.04 Å². The zero-order valence-corrected chi connectivity index (χ0v) is 12.2. The molecule has 0 aromatic heterocycles. The van der Waals surface area contributed by atoms with Crippen LogP contribution in [0.2, 0.25) is 0 Å². The lowest BCUT2D eigenvalue weighted by molar-refractivity contribution is -0.126. The Kier molecular flexibility index (Phi) is 2.84. The molecule has 0 radical (unpaired) electrons. The Bertz CT molecular complexity index is 759. The van der Waals surface area contributed by atoms with E-state index in [2.05, 4.69) is 0 Å². The molecule has 1 amide bonds. The third kappa shape index (κ3) is 1.86. The lowest BCUT2D eigenvalue weighted by Crippen LogP contribution is -2.63. The second kappa shape index (κ2) is 4.74. The van der Waals surface area contributed by atoms with Crippen molar-refractivity contribution in [2.24, 2.45) is 5.73 Å². The van der Waals surface area contributed by atoms with Gasteiger partial charge in [0.1, 0.15) is 6.04 Å². The van der Waals surface area contributed by atoms with Crippen LogP contribution in [0, 0.1) is 6.92 Å². The Morgan fingerprint density at radius 2 is 1.95 bits per heavy atom. The standard InChI is InChI=1S/C17H16N2O3/c1-10-3-2-4-12(7-10)19-16(15(18)17(19)20)11-5-6-13-14(8-11)22-9-21-13/h2-8,15-16H,9,18H2,1H3/t15-,16+/m1/s1. The molecule has 0 unspecified atom stereocenters. The van der Waals surface area contributed by atoms with Crippen molar-refractivity contribution in [3.05, 3.63) is 53.6 Å². The number of rotatable bonds is 2. The lowest BCUT2D eigenvalue weighted by atomic mass is 9.88. The summed E-state index contributed by atoms with van der Waals surface area (Å²) in [7, 11) is 0. The van der Waals surface area contributed by atoms with Crippen LogP contribution >= 0.6 is 0 Å². The molecule has 0 bridgehead atoms. The maximum Gasteiger partial charge on any atom is 0.247 e. The van der Waals surface area contributed by atoms with Gasteiger partial charge in [-0.15, -0.1) is 0 Å². The van der Waals surface area contributed by atoms with Crippen molar-refractivity contribution in [3.8, 4) is 11.5 Å². The number of nitrogens with two attached hydrogens (primary N) is 1. The van der Waals surface area contributed by atoms with E-state index in [1.807, 2.05) is 49.4 Å². The van der Waals surface area contributed by atoms with E-state index < -0.39 is 6.04 Å². The molecule has 2 aliphatic heterocycles. The number of anilines is 1. The van der Waals surface area contributed by atoms with Gasteiger partial charge in [0.2, 0.25) is 12.7 Å². The molecular formula is C17H16N2O3. The first-order valence-electron chi connectivity index (χ1n) is 7.20. The van der Waals surface area contributed by atoms with E-state index in [1.165, 1.54) is 0 Å². The van der Waals surface area contributed by atoms with E-state index in [4.69, 9.17) is 15.2 Å². The summed E-state index contributed by atoms with van der Waals surface area (Å²) in [4.78, 5) is 14.0. The molecule has 5 nitrogen and oxygen atoms in total. The van der Waals surface area contributed by atoms with Gasteiger partial charge in [0.25, 0.3) is 0 Å². The van der Waals surface area contributed by atoms with Crippen molar-refractivity contribution in [1.29, 1.82) is 0 Å². The van der Waals surface area contributed by atoms with Gasteiger partial charge in [-0.25, -0.2) is 0 Å². The van der Waals surface area contributed by atoms with Crippen molar-refractivity contribution in [2.45, 2.75) is 19.0 Å². The first-order chi connectivity index (χ1) is 10.6. The minimum Gasteiger partial charge on any atom is -0.454 e.